The Labute approximate surface area is 179 Å². The molecule has 0 spiro atoms. The quantitative estimate of drug-likeness (QED) is 0.323. The van der Waals surface area contributed by atoms with Crippen LogP contribution in [0.2, 0.25) is 0 Å². The summed E-state index contributed by atoms with van der Waals surface area (Å²) in [6.45, 7) is 0. The summed E-state index contributed by atoms with van der Waals surface area (Å²) >= 11 is 1.65. The number of carbonyl (C=O) groups excluding carboxylic acids is 1. The lowest BCUT2D eigenvalue weighted by Gasteiger charge is -2.09. The summed E-state index contributed by atoms with van der Waals surface area (Å²) in [7, 11) is 1.56. The molecule has 0 saturated carbocycles. The number of benzene rings is 4. The molecule has 0 radical (unpaired) electrons. The molecule has 5 heteroatoms. The van der Waals surface area contributed by atoms with Crippen molar-refractivity contribution in [1.29, 1.82) is 0 Å². The average Bonchev–Trinajstić information content (AvgIpc) is 2.80. The van der Waals surface area contributed by atoms with E-state index in [-0.39, 0.29) is 5.91 Å². The maximum Gasteiger partial charge on any atom is 0.275 e. The minimum absolute atomic E-state index is 0.318. The van der Waals surface area contributed by atoms with Crippen molar-refractivity contribution in [3.05, 3.63) is 102 Å². The Balaban J connectivity index is 1.53. The summed E-state index contributed by atoms with van der Waals surface area (Å²) in [5.41, 5.74) is 3.99. The van der Waals surface area contributed by atoms with Gasteiger partial charge < -0.3 is 4.74 Å². The van der Waals surface area contributed by atoms with Crippen LogP contribution in [0.5, 0.6) is 5.75 Å². The highest BCUT2D eigenvalue weighted by Crippen LogP contribution is 2.29. The SMILES string of the molecule is COc1cc2ccccc2cc1C(=O)NN=Cc1ccccc1Sc1ccccc1. The molecule has 4 aromatic rings. The molecule has 4 nitrogen and oxygen atoms in total. The van der Waals surface area contributed by atoms with Crippen LogP contribution in [0.15, 0.2) is 106 Å². The van der Waals surface area contributed by atoms with Crippen LogP contribution in [0.3, 0.4) is 0 Å². The van der Waals surface area contributed by atoms with E-state index in [0.29, 0.717) is 11.3 Å². The van der Waals surface area contributed by atoms with E-state index in [4.69, 9.17) is 4.74 Å². The van der Waals surface area contributed by atoms with Gasteiger partial charge >= 0.3 is 0 Å². The maximum absolute atomic E-state index is 12.7. The molecular formula is C25H20N2O2S. The molecule has 1 amide bonds. The molecule has 0 atom stereocenters. The minimum Gasteiger partial charge on any atom is -0.496 e. The van der Waals surface area contributed by atoms with E-state index in [2.05, 4.69) is 22.7 Å². The first kappa shape index (κ1) is 19.7. The number of ether oxygens (including phenoxy) is 1. The summed E-state index contributed by atoms with van der Waals surface area (Å²) in [6, 6.07) is 29.6. The standard InChI is InChI=1S/C25H20N2O2S/c1-29-23-16-19-10-6-5-9-18(19)15-22(23)25(28)27-26-17-20-11-7-8-14-24(20)30-21-12-3-2-4-13-21/h2-17H,1H3,(H,27,28). The zero-order valence-electron chi connectivity index (χ0n) is 16.4. The van der Waals surface area contributed by atoms with Gasteiger partial charge in [-0.2, -0.15) is 5.10 Å². The van der Waals surface area contributed by atoms with Gasteiger partial charge in [0.1, 0.15) is 5.75 Å². The molecule has 30 heavy (non-hydrogen) atoms. The van der Waals surface area contributed by atoms with Crippen molar-refractivity contribution in [2.24, 2.45) is 5.10 Å². The molecule has 0 heterocycles. The number of carbonyl (C=O) groups is 1. The largest absolute Gasteiger partial charge is 0.496 e. The third-order valence-electron chi connectivity index (χ3n) is 4.57. The zero-order valence-corrected chi connectivity index (χ0v) is 17.2. The van der Waals surface area contributed by atoms with Crippen molar-refractivity contribution in [3.8, 4) is 5.75 Å². The average molecular weight is 413 g/mol. The first-order valence-corrected chi connectivity index (χ1v) is 10.3. The number of nitrogens with one attached hydrogen (secondary N) is 1. The van der Waals surface area contributed by atoms with Gasteiger partial charge in [0.05, 0.1) is 18.9 Å². The highest BCUT2D eigenvalue weighted by molar-refractivity contribution is 7.99. The van der Waals surface area contributed by atoms with Crippen molar-refractivity contribution in [3.63, 3.8) is 0 Å². The lowest BCUT2D eigenvalue weighted by molar-refractivity contribution is 0.0952. The van der Waals surface area contributed by atoms with Crippen LogP contribution < -0.4 is 10.2 Å². The van der Waals surface area contributed by atoms with Crippen molar-refractivity contribution in [2.75, 3.05) is 7.11 Å². The minimum atomic E-state index is -0.318. The summed E-state index contributed by atoms with van der Waals surface area (Å²) in [5, 5.41) is 6.17. The van der Waals surface area contributed by atoms with Crippen molar-refractivity contribution in [2.45, 2.75) is 9.79 Å². The Bertz CT molecular complexity index is 1210. The van der Waals surface area contributed by atoms with Crippen LogP contribution in [-0.4, -0.2) is 19.2 Å². The fourth-order valence-electron chi connectivity index (χ4n) is 3.08. The second-order valence-corrected chi connectivity index (χ2v) is 7.67. The van der Waals surface area contributed by atoms with Crippen LogP contribution in [-0.2, 0) is 0 Å². The van der Waals surface area contributed by atoms with Crippen LogP contribution >= 0.6 is 11.8 Å². The topological polar surface area (TPSA) is 50.7 Å². The number of nitrogens with zero attached hydrogens (tertiary/aromatic N) is 1. The van der Waals surface area contributed by atoms with Gasteiger partial charge in [-0.1, -0.05) is 72.4 Å². The normalized spacial score (nSPS) is 11.0. The van der Waals surface area contributed by atoms with Gasteiger partial charge in [-0.25, -0.2) is 5.43 Å². The Hall–Kier alpha value is -3.57. The molecular weight excluding hydrogens is 392 g/mol. The van der Waals surface area contributed by atoms with Gasteiger partial charge in [-0.05, 0) is 41.1 Å². The number of amides is 1. The van der Waals surface area contributed by atoms with E-state index in [1.807, 2.05) is 78.9 Å². The van der Waals surface area contributed by atoms with Crippen molar-refractivity contribution >= 4 is 34.7 Å². The van der Waals surface area contributed by atoms with Crippen LogP contribution in [0.1, 0.15) is 15.9 Å². The fraction of sp³-hybridized carbons (Fsp3) is 0.0400. The molecule has 0 aliphatic rings. The molecule has 0 bridgehead atoms. The predicted octanol–water partition coefficient (Wildman–Crippen LogP) is 5.76. The molecule has 4 aromatic carbocycles. The van der Waals surface area contributed by atoms with Crippen LogP contribution in [0.25, 0.3) is 10.8 Å². The molecule has 1 N–H and O–H groups in total. The van der Waals surface area contributed by atoms with E-state index in [0.717, 1.165) is 26.1 Å². The Morgan fingerprint density at radius 3 is 2.33 bits per heavy atom. The first-order valence-electron chi connectivity index (χ1n) is 9.47. The maximum atomic E-state index is 12.7. The van der Waals surface area contributed by atoms with E-state index in [1.54, 1.807) is 25.1 Å². The van der Waals surface area contributed by atoms with E-state index < -0.39 is 0 Å². The third kappa shape index (κ3) is 4.53. The summed E-state index contributed by atoms with van der Waals surface area (Å²) in [5.74, 6) is 0.198. The zero-order chi connectivity index (χ0) is 20.8. The number of hydrogen-bond donors (Lipinski definition) is 1. The number of hydrazone groups is 1. The number of hydrogen-bond acceptors (Lipinski definition) is 4. The molecule has 0 aliphatic heterocycles. The first-order chi connectivity index (χ1) is 14.7. The Morgan fingerprint density at radius 2 is 1.57 bits per heavy atom. The molecule has 0 aliphatic carbocycles. The molecule has 0 unspecified atom stereocenters. The monoisotopic (exact) mass is 412 g/mol. The number of methoxy groups -OCH3 is 1. The smallest absolute Gasteiger partial charge is 0.275 e. The lowest BCUT2D eigenvalue weighted by Crippen LogP contribution is -2.18. The van der Waals surface area contributed by atoms with E-state index in [9.17, 15) is 4.79 Å². The fourth-order valence-corrected chi connectivity index (χ4v) is 4.01. The predicted molar refractivity (Wildman–Crippen MR) is 123 cm³/mol. The van der Waals surface area contributed by atoms with E-state index in [1.165, 1.54) is 0 Å². The van der Waals surface area contributed by atoms with Crippen molar-refractivity contribution < 1.29 is 9.53 Å². The second-order valence-electron chi connectivity index (χ2n) is 6.55. The van der Waals surface area contributed by atoms with Gasteiger partial charge in [0, 0.05) is 15.4 Å². The molecule has 148 valence electrons. The summed E-state index contributed by atoms with van der Waals surface area (Å²) < 4.78 is 5.41. The Morgan fingerprint density at radius 1 is 0.900 bits per heavy atom. The van der Waals surface area contributed by atoms with Crippen molar-refractivity contribution in [1.82, 2.24) is 5.43 Å². The molecule has 4 rings (SSSR count). The van der Waals surface area contributed by atoms with Crippen LogP contribution in [0, 0.1) is 0 Å². The van der Waals surface area contributed by atoms with Gasteiger partial charge in [0.25, 0.3) is 5.91 Å². The number of fused-ring (bicyclic) bond motifs is 1. The molecule has 0 aromatic heterocycles. The number of rotatable bonds is 6. The van der Waals surface area contributed by atoms with Gasteiger partial charge in [-0.15, -0.1) is 0 Å². The highest BCUT2D eigenvalue weighted by Gasteiger charge is 2.13. The van der Waals surface area contributed by atoms with Crippen LogP contribution in [0.4, 0.5) is 0 Å². The second kappa shape index (κ2) is 9.29. The molecule has 0 saturated heterocycles. The Kier molecular flexibility index (Phi) is 6.11. The van der Waals surface area contributed by atoms with Gasteiger partial charge in [-0.3, -0.25) is 4.79 Å². The summed E-state index contributed by atoms with van der Waals surface area (Å²) in [4.78, 5) is 14.9. The van der Waals surface area contributed by atoms with Gasteiger partial charge in [0.2, 0.25) is 0 Å². The lowest BCUT2D eigenvalue weighted by atomic mass is 10.1. The third-order valence-corrected chi connectivity index (χ3v) is 5.67. The highest BCUT2D eigenvalue weighted by atomic mass is 32.2. The molecule has 0 fully saturated rings. The summed E-state index contributed by atoms with van der Waals surface area (Å²) in [6.07, 6.45) is 1.66. The van der Waals surface area contributed by atoms with E-state index >= 15 is 0 Å². The van der Waals surface area contributed by atoms with Gasteiger partial charge in [0.15, 0.2) is 0 Å².